The molecule has 3 fully saturated rings. The molecule has 5 heterocycles. The Bertz CT molecular complexity index is 1110. The van der Waals surface area contributed by atoms with Crippen molar-refractivity contribution in [3.05, 3.63) is 12.2 Å². The Morgan fingerprint density at radius 2 is 1.59 bits per heavy atom. The maximum Gasteiger partial charge on any atom is 0.316 e. The van der Waals surface area contributed by atoms with Gasteiger partial charge in [0, 0.05) is 18.9 Å². The standard InChI is InChI=1S/C40H67N3O6/c1-4-33-23-18-19-27-39(49-33)30-32-25-26-34-36(40(28-21-22-31(2)48-40)42-38(41-39)43(32)34)37(45)47-29-20-16-14-12-10-8-6-5-7-9-11-13-15-17-24-35(44)46-3/h18,23,31-34,36H,4-17,19-22,24-30H2,1-3H3,(H,41,42). The molecule has 7 atom stereocenters. The fourth-order valence-corrected chi connectivity index (χ4v) is 9.14. The van der Waals surface area contributed by atoms with E-state index < -0.39 is 17.4 Å². The van der Waals surface area contributed by atoms with Crippen molar-refractivity contribution in [1.29, 1.82) is 0 Å². The lowest BCUT2D eigenvalue weighted by Crippen LogP contribution is -2.71. The Morgan fingerprint density at radius 1 is 0.918 bits per heavy atom. The minimum atomic E-state index is -0.871. The lowest BCUT2D eigenvalue weighted by Gasteiger charge is -2.55. The minimum absolute atomic E-state index is 0.0454. The van der Waals surface area contributed by atoms with Gasteiger partial charge in [-0.05, 0) is 71.1 Å². The fourth-order valence-electron chi connectivity index (χ4n) is 9.14. The monoisotopic (exact) mass is 686 g/mol. The molecule has 0 bridgehead atoms. The van der Waals surface area contributed by atoms with E-state index in [-0.39, 0.29) is 30.2 Å². The number of carbonyl (C=O) groups is 2. The van der Waals surface area contributed by atoms with Crippen LogP contribution in [0.1, 0.15) is 168 Å². The van der Waals surface area contributed by atoms with Gasteiger partial charge in [-0.1, -0.05) is 96.1 Å². The number of guanidine groups is 1. The van der Waals surface area contributed by atoms with Crippen molar-refractivity contribution in [2.45, 2.75) is 204 Å². The van der Waals surface area contributed by atoms with Crippen molar-refractivity contribution in [2.75, 3.05) is 13.7 Å². The van der Waals surface area contributed by atoms with Crippen molar-refractivity contribution in [3.63, 3.8) is 0 Å². The summed E-state index contributed by atoms with van der Waals surface area (Å²) in [6, 6.07) is 0.355. The van der Waals surface area contributed by atoms with E-state index in [0.29, 0.717) is 19.1 Å². The van der Waals surface area contributed by atoms with Gasteiger partial charge in [0.05, 0.1) is 32.0 Å². The van der Waals surface area contributed by atoms with Gasteiger partial charge in [-0.15, -0.1) is 0 Å². The first-order valence-corrected chi connectivity index (χ1v) is 20.3. The number of rotatable bonds is 19. The number of carbonyl (C=O) groups excluding carboxylic acids is 2. The molecule has 3 saturated heterocycles. The lowest BCUT2D eigenvalue weighted by molar-refractivity contribution is -0.194. The third-order valence-electron chi connectivity index (χ3n) is 11.8. The van der Waals surface area contributed by atoms with Gasteiger partial charge in [0.1, 0.15) is 11.6 Å². The largest absolute Gasteiger partial charge is 0.469 e. The molecular weight excluding hydrogens is 618 g/mol. The van der Waals surface area contributed by atoms with Crippen LogP contribution in [0.3, 0.4) is 0 Å². The van der Waals surface area contributed by atoms with Gasteiger partial charge in [0.2, 0.25) is 0 Å². The topological polar surface area (TPSA) is 98.7 Å². The van der Waals surface area contributed by atoms with Gasteiger partial charge in [0.15, 0.2) is 11.7 Å². The fraction of sp³-hybridized carbons (Fsp3) is 0.875. The second kappa shape index (κ2) is 18.9. The number of nitrogens with one attached hydrogen (secondary N) is 1. The average molecular weight is 686 g/mol. The molecule has 5 rings (SSSR count). The van der Waals surface area contributed by atoms with Crippen molar-refractivity contribution in [1.82, 2.24) is 10.2 Å². The molecule has 1 N–H and O–H groups in total. The smallest absolute Gasteiger partial charge is 0.316 e. The van der Waals surface area contributed by atoms with Gasteiger partial charge >= 0.3 is 11.9 Å². The summed E-state index contributed by atoms with van der Waals surface area (Å²) in [5.74, 6) is 0.267. The van der Waals surface area contributed by atoms with Crippen LogP contribution in [0.2, 0.25) is 0 Å². The molecule has 0 aromatic rings. The molecule has 5 aliphatic rings. The van der Waals surface area contributed by atoms with Gasteiger partial charge < -0.3 is 29.2 Å². The minimum Gasteiger partial charge on any atom is -0.469 e. The van der Waals surface area contributed by atoms with E-state index in [1.807, 2.05) is 0 Å². The molecule has 7 unspecified atom stereocenters. The van der Waals surface area contributed by atoms with E-state index in [2.05, 4.69) is 36.2 Å². The molecule has 9 heteroatoms. The van der Waals surface area contributed by atoms with Crippen LogP contribution in [-0.4, -0.2) is 72.3 Å². The maximum absolute atomic E-state index is 14.0. The SMILES string of the molecule is CCC1C=CCCC2(CC3CCC4C(C(=O)OCCCCCCCCCCCCCCCCC(=O)OC)C5(CCCC(C)O5)N=C(N2)N34)O1. The van der Waals surface area contributed by atoms with E-state index in [1.165, 1.54) is 71.3 Å². The molecule has 0 aliphatic carbocycles. The van der Waals surface area contributed by atoms with E-state index >= 15 is 0 Å². The zero-order chi connectivity index (χ0) is 34.5. The predicted octanol–water partition coefficient (Wildman–Crippen LogP) is 8.49. The predicted molar refractivity (Wildman–Crippen MR) is 193 cm³/mol. The number of hydrogen-bond donors (Lipinski definition) is 1. The molecule has 0 aromatic carbocycles. The maximum atomic E-state index is 14.0. The number of hydrogen-bond acceptors (Lipinski definition) is 9. The molecule has 9 nitrogen and oxygen atoms in total. The first-order chi connectivity index (χ1) is 23.9. The molecule has 0 aromatic heterocycles. The van der Waals surface area contributed by atoms with Gasteiger partial charge in [0.25, 0.3) is 0 Å². The van der Waals surface area contributed by atoms with Crippen LogP contribution < -0.4 is 5.32 Å². The number of aliphatic imine (C=N–C) groups is 1. The van der Waals surface area contributed by atoms with Crippen molar-refractivity contribution < 1.29 is 28.5 Å². The van der Waals surface area contributed by atoms with Crippen molar-refractivity contribution in [2.24, 2.45) is 10.9 Å². The summed E-state index contributed by atoms with van der Waals surface area (Å²) in [5, 5.41) is 3.80. The number of ether oxygens (including phenoxy) is 4. The number of allylic oxidation sites excluding steroid dienone is 1. The molecule has 2 spiro atoms. The second-order valence-electron chi connectivity index (χ2n) is 15.6. The van der Waals surface area contributed by atoms with Crippen LogP contribution in [0.4, 0.5) is 0 Å². The number of nitrogens with zero attached hydrogens (tertiary/aromatic N) is 2. The molecule has 0 saturated carbocycles. The van der Waals surface area contributed by atoms with Gasteiger partial charge in [-0.3, -0.25) is 9.59 Å². The van der Waals surface area contributed by atoms with Gasteiger partial charge in [-0.25, -0.2) is 4.99 Å². The summed E-state index contributed by atoms with van der Waals surface area (Å²) >= 11 is 0. The van der Waals surface area contributed by atoms with Crippen molar-refractivity contribution in [3.8, 4) is 0 Å². The average Bonchev–Trinajstić information content (AvgIpc) is 3.39. The summed E-state index contributed by atoms with van der Waals surface area (Å²) < 4.78 is 24.2. The molecular formula is C40H67N3O6. The van der Waals surface area contributed by atoms with E-state index in [9.17, 15) is 9.59 Å². The second-order valence-corrected chi connectivity index (χ2v) is 15.6. The molecule has 49 heavy (non-hydrogen) atoms. The van der Waals surface area contributed by atoms with Gasteiger partial charge in [-0.2, -0.15) is 0 Å². The summed E-state index contributed by atoms with van der Waals surface area (Å²) in [6.45, 7) is 4.79. The Balaban J connectivity index is 1.02. The summed E-state index contributed by atoms with van der Waals surface area (Å²) in [7, 11) is 1.46. The molecule has 5 aliphatic heterocycles. The Hall–Kier alpha value is -2.13. The van der Waals surface area contributed by atoms with Crippen LogP contribution in [0.25, 0.3) is 0 Å². The zero-order valence-electron chi connectivity index (χ0n) is 31.1. The third-order valence-corrected chi connectivity index (χ3v) is 11.8. The van der Waals surface area contributed by atoms with Crippen LogP contribution in [0.5, 0.6) is 0 Å². The van der Waals surface area contributed by atoms with Crippen molar-refractivity contribution >= 4 is 17.9 Å². The normalized spacial score (nSPS) is 32.0. The van der Waals surface area contributed by atoms with Crippen LogP contribution >= 0.6 is 0 Å². The Morgan fingerprint density at radius 3 is 2.24 bits per heavy atom. The quantitative estimate of drug-likeness (QED) is 0.0821. The summed E-state index contributed by atoms with van der Waals surface area (Å²) in [4.78, 5) is 32.9. The summed E-state index contributed by atoms with van der Waals surface area (Å²) in [5.41, 5.74) is -1.30. The Labute approximate surface area is 296 Å². The first kappa shape index (κ1) is 38.1. The number of methoxy groups -OCH3 is 1. The Kier molecular flexibility index (Phi) is 14.7. The third kappa shape index (κ3) is 10.2. The highest BCUT2D eigenvalue weighted by atomic mass is 16.6. The highest BCUT2D eigenvalue weighted by Crippen LogP contribution is 2.50. The lowest BCUT2D eigenvalue weighted by atomic mass is 9.80. The van der Waals surface area contributed by atoms with Crippen LogP contribution in [0, 0.1) is 5.92 Å². The highest BCUT2D eigenvalue weighted by molar-refractivity contribution is 5.87. The van der Waals surface area contributed by atoms with E-state index in [0.717, 1.165) is 89.4 Å². The number of unbranched alkanes of at least 4 members (excludes halogenated alkanes) is 13. The van der Waals surface area contributed by atoms with E-state index in [1.54, 1.807) is 0 Å². The zero-order valence-corrected chi connectivity index (χ0v) is 31.1. The molecule has 0 radical (unpaired) electrons. The van der Waals surface area contributed by atoms with Crippen LogP contribution in [0.15, 0.2) is 17.1 Å². The van der Waals surface area contributed by atoms with Crippen LogP contribution in [-0.2, 0) is 28.5 Å². The number of esters is 2. The summed E-state index contributed by atoms with van der Waals surface area (Å²) in [6.07, 6.45) is 30.7. The first-order valence-electron chi connectivity index (χ1n) is 20.3. The highest BCUT2D eigenvalue weighted by Gasteiger charge is 2.62. The molecule has 278 valence electrons. The molecule has 0 amide bonds. The van der Waals surface area contributed by atoms with E-state index in [4.69, 9.17) is 23.9 Å².